The maximum atomic E-state index is 12.5. The fraction of sp³-hybridized carbons (Fsp3) is 0.412. The molecule has 2 aromatic rings. The van der Waals surface area contributed by atoms with Crippen LogP contribution in [0.1, 0.15) is 10.4 Å². The summed E-state index contributed by atoms with van der Waals surface area (Å²) in [7, 11) is 4.09. The van der Waals surface area contributed by atoms with E-state index in [0.717, 1.165) is 13.1 Å². The quantitative estimate of drug-likeness (QED) is 0.870. The Kier molecular flexibility index (Phi) is 5.00. The summed E-state index contributed by atoms with van der Waals surface area (Å²) in [6, 6.07) is 5.31. The second kappa shape index (κ2) is 7.35. The van der Waals surface area contributed by atoms with E-state index in [0.29, 0.717) is 24.0 Å². The fourth-order valence-corrected chi connectivity index (χ4v) is 3.06. The topological polar surface area (TPSA) is 74.2 Å². The summed E-state index contributed by atoms with van der Waals surface area (Å²) in [6.45, 7) is 2.42. The molecule has 0 spiro atoms. The number of aromatic nitrogens is 3. The standard InChI is InChI=1S/C17H22N6O/c1-22(2)10-14-11-23(17-19-6-3-7-20-17)12-15(14)21-16(24)13-4-8-18-9-5-13/h3-9,14-15H,10-12H2,1-2H3,(H,21,24)/t14-,15-/m1/s1. The predicted octanol–water partition coefficient (Wildman–Crippen LogP) is 0.668. The third-order valence-corrected chi connectivity index (χ3v) is 4.13. The third kappa shape index (κ3) is 3.86. The van der Waals surface area contributed by atoms with E-state index in [2.05, 4.69) is 30.1 Å². The number of rotatable bonds is 5. The lowest BCUT2D eigenvalue weighted by Crippen LogP contribution is -2.43. The number of hydrogen-bond acceptors (Lipinski definition) is 6. The molecule has 3 rings (SSSR count). The first-order valence-corrected chi connectivity index (χ1v) is 8.01. The molecule has 7 heteroatoms. The molecule has 0 aliphatic carbocycles. The first-order chi connectivity index (χ1) is 11.6. The van der Waals surface area contributed by atoms with Crippen LogP contribution < -0.4 is 10.2 Å². The van der Waals surface area contributed by atoms with Crippen molar-refractivity contribution in [1.82, 2.24) is 25.2 Å². The highest BCUT2D eigenvalue weighted by atomic mass is 16.1. The highest BCUT2D eigenvalue weighted by molar-refractivity contribution is 5.94. The van der Waals surface area contributed by atoms with Gasteiger partial charge in [0.2, 0.25) is 5.95 Å². The van der Waals surface area contributed by atoms with Gasteiger partial charge in [0.05, 0.1) is 6.04 Å². The van der Waals surface area contributed by atoms with Crippen molar-refractivity contribution in [2.45, 2.75) is 6.04 Å². The first kappa shape index (κ1) is 16.3. The monoisotopic (exact) mass is 326 g/mol. The van der Waals surface area contributed by atoms with Crippen molar-refractivity contribution < 1.29 is 4.79 Å². The van der Waals surface area contributed by atoms with E-state index < -0.39 is 0 Å². The average molecular weight is 326 g/mol. The second-order valence-electron chi connectivity index (χ2n) is 6.29. The number of hydrogen-bond donors (Lipinski definition) is 1. The Labute approximate surface area is 141 Å². The van der Waals surface area contributed by atoms with Gasteiger partial charge in [-0.2, -0.15) is 0 Å². The molecule has 24 heavy (non-hydrogen) atoms. The molecular formula is C17H22N6O. The molecule has 0 saturated carbocycles. The van der Waals surface area contributed by atoms with Gasteiger partial charge in [-0.1, -0.05) is 0 Å². The van der Waals surface area contributed by atoms with Gasteiger partial charge in [-0.25, -0.2) is 9.97 Å². The third-order valence-electron chi connectivity index (χ3n) is 4.13. The minimum Gasteiger partial charge on any atom is -0.347 e. The summed E-state index contributed by atoms with van der Waals surface area (Å²) in [5.74, 6) is 0.957. The van der Waals surface area contributed by atoms with E-state index in [9.17, 15) is 4.79 Å². The van der Waals surface area contributed by atoms with E-state index in [1.54, 1.807) is 43.0 Å². The SMILES string of the molecule is CN(C)C[C@@H]1CN(c2ncccn2)C[C@H]1NC(=O)c1ccncc1. The highest BCUT2D eigenvalue weighted by Crippen LogP contribution is 2.22. The Hall–Kier alpha value is -2.54. The molecule has 1 aliphatic rings. The summed E-state index contributed by atoms with van der Waals surface area (Å²) >= 11 is 0. The molecule has 1 fully saturated rings. The van der Waals surface area contributed by atoms with E-state index in [1.807, 2.05) is 14.1 Å². The van der Waals surface area contributed by atoms with E-state index in [4.69, 9.17) is 0 Å². The lowest BCUT2D eigenvalue weighted by Gasteiger charge is -2.22. The van der Waals surface area contributed by atoms with Gasteiger partial charge in [0.1, 0.15) is 0 Å². The zero-order valence-corrected chi connectivity index (χ0v) is 14.0. The molecule has 0 bridgehead atoms. The van der Waals surface area contributed by atoms with Gasteiger partial charge in [0.15, 0.2) is 0 Å². The van der Waals surface area contributed by atoms with E-state index >= 15 is 0 Å². The first-order valence-electron chi connectivity index (χ1n) is 8.01. The summed E-state index contributed by atoms with van der Waals surface area (Å²) in [5.41, 5.74) is 0.628. The van der Waals surface area contributed by atoms with Gasteiger partial charge in [-0.3, -0.25) is 9.78 Å². The maximum absolute atomic E-state index is 12.5. The molecule has 0 radical (unpaired) electrons. The zero-order valence-electron chi connectivity index (χ0n) is 14.0. The van der Waals surface area contributed by atoms with Gasteiger partial charge in [-0.15, -0.1) is 0 Å². The van der Waals surface area contributed by atoms with Gasteiger partial charge >= 0.3 is 0 Å². The van der Waals surface area contributed by atoms with Crippen LogP contribution in [0.25, 0.3) is 0 Å². The molecular weight excluding hydrogens is 304 g/mol. The molecule has 1 N–H and O–H groups in total. The summed E-state index contributed by atoms with van der Waals surface area (Å²) in [4.78, 5) is 29.4. The van der Waals surface area contributed by atoms with Gasteiger partial charge in [0, 0.05) is 55.9 Å². The van der Waals surface area contributed by atoms with Crippen molar-refractivity contribution in [3.63, 3.8) is 0 Å². The van der Waals surface area contributed by atoms with Crippen molar-refractivity contribution >= 4 is 11.9 Å². The number of nitrogens with one attached hydrogen (secondary N) is 1. The number of anilines is 1. The van der Waals surface area contributed by atoms with Crippen LogP contribution in [0.3, 0.4) is 0 Å². The number of nitrogens with zero attached hydrogens (tertiary/aromatic N) is 5. The van der Waals surface area contributed by atoms with Crippen LogP contribution in [0.15, 0.2) is 43.0 Å². The summed E-state index contributed by atoms with van der Waals surface area (Å²) in [6.07, 6.45) is 6.74. The molecule has 0 aromatic carbocycles. The molecule has 1 aliphatic heterocycles. The molecule has 1 saturated heterocycles. The molecule has 7 nitrogen and oxygen atoms in total. The second-order valence-corrected chi connectivity index (χ2v) is 6.29. The van der Waals surface area contributed by atoms with Crippen LogP contribution in [-0.4, -0.2) is 65.5 Å². The Morgan fingerprint density at radius 2 is 1.92 bits per heavy atom. The smallest absolute Gasteiger partial charge is 0.251 e. The van der Waals surface area contributed by atoms with Crippen molar-refractivity contribution in [3.05, 3.63) is 48.5 Å². The molecule has 1 amide bonds. The Bertz CT molecular complexity index is 663. The van der Waals surface area contributed by atoms with Gasteiger partial charge < -0.3 is 15.1 Å². The Morgan fingerprint density at radius 1 is 1.21 bits per heavy atom. The largest absolute Gasteiger partial charge is 0.347 e. The number of carbonyl (C=O) groups excluding carboxylic acids is 1. The number of pyridine rings is 1. The summed E-state index contributed by atoms with van der Waals surface area (Å²) in [5, 5.41) is 3.16. The van der Waals surface area contributed by atoms with Crippen LogP contribution in [0, 0.1) is 5.92 Å². The van der Waals surface area contributed by atoms with Crippen LogP contribution in [0.4, 0.5) is 5.95 Å². The maximum Gasteiger partial charge on any atom is 0.251 e. The van der Waals surface area contributed by atoms with Crippen molar-refractivity contribution in [1.29, 1.82) is 0 Å². The average Bonchev–Trinajstić information content (AvgIpc) is 2.98. The van der Waals surface area contributed by atoms with Gasteiger partial charge in [0.25, 0.3) is 5.91 Å². The molecule has 2 atom stereocenters. The molecule has 2 aromatic heterocycles. The van der Waals surface area contributed by atoms with Crippen LogP contribution >= 0.6 is 0 Å². The Balaban J connectivity index is 1.72. The highest BCUT2D eigenvalue weighted by Gasteiger charge is 2.35. The normalized spacial score (nSPS) is 20.4. The lowest BCUT2D eigenvalue weighted by atomic mass is 10.0. The molecule has 126 valence electrons. The number of amides is 1. The summed E-state index contributed by atoms with van der Waals surface area (Å²) < 4.78 is 0. The minimum absolute atomic E-state index is 0.0527. The van der Waals surface area contributed by atoms with Crippen LogP contribution in [0.2, 0.25) is 0 Å². The number of carbonyl (C=O) groups is 1. The van der Waals surface area contributed by atoms with Crippen molar-refractivity contribution in [2.75, 3.05) is 38.6 Å². The van der Waals surface area contributed by atoms with E-state index in [-0.39, 0.29) is 11.9 Å². The Morgan fingerprint density at radius 3 is 2.58 bits per heavy atom. The van der Waals surface area contributed by atoms with Gasteiger partial charge in [-0.05, 0) is 32.3 Å². The molecule has 3 heterocycles. The van der Waals surface area contributed by atoms with Crippen molar-refractivity contribution in [2.24, 2.45) is 5.92 Å². The fourth-order valence-electron chi connectivity index (χ4n) is 3.06. The molecule has 0 unspecified atom stereocenters. The van der Waals surface area contributed by atoms with Crippen LogP contribution in [0.5, 0.6) is 0 Å². The lowest BCUT2D eigenvalue weighted by molar-refractivity contribution is 0.0928. The minimum atomic E-state index is -0.0676. The van der Waals surface area contributed by atoms with Crippen molar-refractivity contribution in [3.8, 4) is 0 Å². The predicted molar refractivity (Wildman–Crippen MR) is 91.8 cm³/mol. The van der Waals surface area contributed by atoms with Crippen LogP contribution in [-0.2, 0) is 0 Å². The van der Waals surface area contributed by atoms with E-state index in [1.165, 1.54) is 0 Å². The zero-order chi connectivity index (χ0) is 16.9.